The minimum Gasteiger partial charge on any atom is -0.465 e. The number of methoxy groups -OCH3 is 1. The summed E-state index contributed by atoms with van der Waals surface area (Å²) in [7, 11) is 1.38. The van der Waals surface area contributed by atoms with E-state index >= 15 is 0 Å². The third-order valence-electron chi connectivity index (χ3n) is 4.35. The molecule has 1 fully saturated rings. The van der Waals surface area contributed by atoms with Crippen LogP contribution in [0.25, 0.3) is 10.2 Å². The topological polar surface area (TPSA) is 59.4 Å². The summed E-state index contributed by atoms with van der Waals surface area (Å²) in [6, 6.07) is 3.74. The van der Waals surface area contributed by atoms with Crippen molar-refractivity contribution in [3.05, 3.63) is 27.2 Å². The fourth-order valence-corrected chi connectivity index (χ4v) is 4.81. The number of thiazole rings is 1. The number of carbonyl (C=O) groups excluding carboxylic acids is 1. The van der Waals surface area contributed by atoms with Crippen LogP contribution in [-0.4, -0.2) is 29.8 Å². The number of carbonyl (C=O) groups is 1. The van der Waals surface area contributed by atoms with E-state index in [1.54, 1.807) is 17.4 Å². The molecule has 0 aliphatic heterocycles. The smallest absolute Gasteiger partial charge is 0.339 e. The van der Waals surface area contributed by atoms with Gasteiger partial charge in [-0.15, -0.1) is 11.3 Å². The molecule has 0 unspecified atom stereocenters. The molecule has 1 saturated carbocycles. The van der Waals surface area contributed by atoms with Crippen molar-refractivity contribution in [2.45, 2.75) is 31.6 Å². The first-order valence-corrected chi connectivity index (χ1v) is 9.02. The van der Waals surface area contributed by atoms with Gasteiger partial charge in [0.15, 0.2) is 0 Å². The molecule has 1 aromatic heterocycles. The van der Waals surface area contributed by atoms with Crippen molar-refractivity contribution < 1.29 is 14.6 Å². The van der Waals surface area contributed by atoms with Gasteiger partial charge in [-0.3, -0.25) is 0 Å². The van der Waals surface area contributed by atoms with Gasteiger partial charge in [-0.05, 0) is 59.7 Å². The normalized spacial score (nSPS) is 22.0. The molecule has 1 aliphatic rings. The number of ether oxygens (including phenoxy) is 1. The van der Waals surface area contributed by atoms with Gasteiger partial charge in [0.1, 0.15) is 0 Å². The molecule has 0 radical (unpaired) electrons. The molecular weight excluding hydrogens is 366 g/mol. The predicted molar refractivity (Wildman–Crippen MR) is 90.4 cm³/mol. The van der Waals surface area contributed by atoms with Crippen LogP contribution in [0.15, 0.2) is 16.6 Å². The highest BCUT2D eigenvalue weighted by Gasteiger charge is 2.25. The number of esters is 1. The molecule has 4 nitrogen and oxygen atoms in total. The Labute approximate surface area is 141 Å². The summed E-state index contributed by atoms with van der Waals surface area (Å²) in [5.41, 5.74) is 1.36. The first-order chi connectivity index (χ1) is 10.6. The van der Waals surface area contributed by atoms with E-state index in [-0.39, 0.29) is 5.97 Å². The van der Waals surface area contributed by atoms with Crippen molar-refractivity contribution in [3.63, 3.8) is 0 Å². The molecule has 1 aliphatic carbocycles. The summed E-state index contributed by atoms with van der Waals surface area (Å²) in [5, 5.41) is 10.4. The van der Waals surface area contributed by atoms with Crippen molar-refractivity contribution >= 4 is 43.5 Å². The predicted octanol–water partition coefficient (Wildman–Crippen LogP) is 4.11. The molecule has 0 spiro atoms. The second-order valence-electron chi connectivity index (χ2n) is 5.74. The Balaban J connectivity index is 1.88. The van der Waals surface area contributed by atoms with E-state index in [9.17, 15) is 9.90 Å². The molecule has 0 saturated heterocycles. The lowest BCUT2D eigenvalue weighted by Crippen LogP contribution is -2.15. The van der Waals surface area contributed by atoms with Crippen LogP contribution in [0, 0.1) is 5.92 Å². The highest BCUT2D eigenvalue weighted by molar-refractivity contribution is 9.10. The molecule has 118 valence electrons. The van der Waals surface area contributed by atoms with Crippen LogP contribution in [0.3, 0.4) is 0 Å². The molecule has 3 rings (SSSR count). The van der Waals surface area contributed by atoms with Crippen molar-refractivity contribution in [1.82, 2.24) is 4.98 Å². The average molecular weight is 384 g/mol. The van der Waals surface area contributed by atoms with Crippen LogP contribution in [0.2, 0.25) is 0 Å². The average Bonchev–Trinajstić information content (AvgIpc) is 2.96. The highest BCUT2D eigenvalue weighted by atomic mass is 79.9. The maximum Gasteiger partial charge on any atom is 0.339 e. The van der Waals surface area contributed by atoms with E-state index in [1.165, 1.54) is 7.11 Å². The van der Waals surface area contributed by atoms with E-state index < -0.39 is 0 Å². The van der Waals surface area contributed by atoms with Crippen LogP contribution in [0.4, 0.5) is 0 Å². The van der Waals surface area contributed by atoms with Gasteiger partial charge in [0.05, 0.1) is 27.9 Å². The van der Waals surface area contributed by atoms with E-state index in [4.69, 9.17) is 9.72 Å². The zero-order valence-electron chi connectivity index (χ0n) is 12.3. The molecule has 0 atom stereocenters. The second kappa shape index (κ2) is 6.64. The van der Waals surface area contributed by atoms with Gasteiger partial charge >= 0.3 is 5.97 Å². The molecular formula is C16H18BrNO3S. The van der Waals surface area contributed by atoms with Crippen LogP contribution < -0.4 is 0 Å². The molecule has 1 heterocycles. The van der Waals surface area contributed by atoms with Gasteiger partial charge in [-0.2, -0.15) is 0 Å². The Kier molecular flexibility index (Phi) is 4.80. The Bertz CT molecular complexity index is 692. The Morgan fingerprint density at radius 3 is 2.77 bits per heavy atom. The fourth-order valence-electron chi connectivity index (χ4n) is 3.00. The first-order valence-electron chi connectivity index (χ1n) is 7.41. The zero-order chi connectivity index (χ0) is 15.7. The number of nitrogens with zero attached hydrogens (tertiary/aromatic N) is 1. The quantitative estimate of drug-likeness (QED) is 0.810. The summed E-state index contributed by atoms with van der Waals surface area (Å²) < 4.78 is 6.62. The number of hydrogen-bond acceptors (Lipinski definition) is 5. The largest absolute Gasteiger partial charge is 0.465 e. The lowest BCUT2D eigenvalue weighted by Gasteiger charge is -2.25. The Hall–Kier alpha value is -0.980. The molecule has 6 heteroatoms. The van der Waals surface area contributed by atoms with Crippen LogP contribution >= 0.6 is 27.3 Å². The summed E-state index contributed by atoms with van der Waals surface area (Å²) in [6.07, 6.45) is 4.29. The van der Waals surface area contributed by atoms with E-state index in [0.717, 1.165) is 45.4 Å². The monoisotopic (exact) mass is 383 g/mol. The van der Waals surface area contributed by atoms with Crippen molar-refractivity contribution in [1.29, 1.82) is 0 Å². The van der Waals surface area contributed by atoms with Crippen molar-refractivity contribution in [2.75, 3.05) is 13.7 Å². The SMILES string of the molecule is COC(=O)c1cc2nc([C@H]3CC[C@H](CO)CC3)sc2cc1Br. The van der Waals surface area contributed by atoms with Gasteiger partial charge in [0, 0.05) is 17.0 Å². The van der Waals surface area contributed by atoms with Gasteiger partial charge in [0.25, 0.3) is 0 Å². The van der Waals surface area contributed by atoms with Crippen LogP contribution in [0.5, 0.6) is 0 Å². The Morgan fingerprint density at radius 1 is 1.41 bits per heavy atom. The van der Waals surface area contributed by atoms with Crippen molar-refractivity contribution in [3.8, 4) is 0 Å². The van der Waals surface area contributed by atoms with E-state index in [1.807, 2.05) is 6.07 Å². The lowest BCUT2D eigenvalue weighted by atomic mass is 9.83. The third-order valence-corrected chi connectivity index (χ3v) is 6.19. The number of benzene rings is 1. The number of hydrogen-bond donors (Lipinski definition) is 1. The summed E-state index contributed by atoms with van der Waals surface area (Å²) in [4.78, 5) is 16.5. The minimum atomic E-state index is -0.355. The summed E-state index contributed by atoms with van der Waals surface area (Å²) >= 11 is 5.13. The maximum absolute atomic E-state index is 11.8. The van der Waals surface area contributed by atoms with Gasteiger partial charge in [-0.25, -0.2) is 9.78 Å². The van der Waals surface area contributed by atoms with Gasteiger partial charge in [-0.1, -0.05) is 0 Å². The molecule has 0 amide bonds. The van der Waals surface area contributed by atoms with Gasteiger partial charge in [0.2, 0.25) is 0 Å². The number of aliphatic hydroxyl groups is 1. The summed E-state index contributed by atoms with van der Waals surface area (Å²) in [6.45, 7) is 0.294. The molecule has 22 heavy (non-hydrogen) atoms. The molecule has 1 N–H and O–H groups in total. The zero-order valence-corrected chi connectivity index (χ0v) is 14.7. The highest BCUT2D eigenvalue weighted by Crippen LogP contribution is 2.39. The molecule has 1 aromatic carbocycles. The second-order valence-corrected chi connectivity index (χ2v) is 7.66. The Morgan fingerprint density at radius 2 is 2.14 bits per heavy atom. The number of rotatable bonds is 3. The number of halogens is 1. The number of fused-ring (bicyclic) bond motifs is 1. The molecule has 0 bridgehead atoms. The summed E-state index contributed by atoms with van der Waals surface area (Å²) in [5.74, 6) is 0.568. The van der Waals surface area contributed by atoms with Crippen LogP contribution in [0.1, 0.15) is 47.0 Å². The number of aromatic nitrogens is 1. The van der Waals surface area contributed by atoms with Gasteiger partial charge < -0.3 is 9.84 Å². The maximum atomic E-state index is 11.8. The van der Waals surface area contributed by atoms with E-state index in [0.29, 0.717) is 24.0 Å². The standard InChI is InChI=1S/C16H18BrNO3S/c1-21-16(20)11-6-13-14(7-12(11)17)22-15(18-13)10-4-2-9(8-19)3-5-10/h6-7,9-10,19H,2-5,8H2,1H3/t9-,10-. The molecule has 2 aromatic rings. The number of aliphatic hydroxyl groups excluding tert-OH is 1. The van der Waals surface area contributed by atoms with Crippen LogP contribution in [-0.2, 0) is 4.74 Å². The minimum absolute atomic E-state index is 0.294. The lowest BCUT2D eigenvalue weighted by molar-refractivity contribution is 0.0600. The van der Waals surface area contributed by atoms with Crippen molar-refractivity contribution in [2.24, 2.45) is 5.92 Å². The first kappa shape index (κ1) is 15.9. The fraction of sp³-hybridized carbons (Fsp3) is 0.500. The van der Waals surface area contributed by atoms with E-state index in [2.05, 4.69) is 15.9 Å². The third kappa shape index (κ3) is 3.05.